The normalized spacial score (nSPS) is 12.0. The van der Waals surface area contributed by atoms with Crippen molar-refractivity contribution in [2.45, 2.75) is 32.6 Å². The van der Waals surface area contributed by atoms with Gasteiger partial charge in [-0.15, -0.1) is 0 Å². The number of nitrogens with zero attached hydrogens (tertiary/aromatic N) is 1. The smallest absolute Gasteiger partial charge is 0.406 e. The van der Waals surface area contributed by atoms with Crippen LogP contribution in [0.1, 0.15) is 25.3 Å². The highest BCUT2D eigenvalue weighted by molar-refractivity contribution is 5.92. The molecule has 0 atom stereocenters. The largest absolute Gasteiger partial charge is 0.434 e. The van der Waals surface area contributed by atoms with Gasteiger partial charge in [-0.3, -0.25) is 4.79 Å². The second kappa shape index (κ2) is 9.24. The lowest BCUT2D eigenvalue weighted by Gasteiger charge is -2.22. The molecule has 134 valence electrons. The van der Waals surface area contributed by atoms with Gasteiger partial charge in [0.05, 0.1) is 0 Å². The van der Waals surface area contributed by atoms with Crippen molar-refractivity contribution in [2.24, 2.45) is 0 Å². The van der Waals surface area contributed by atoms with E-state index in [0.717, 1.165) is 12.2 Å². The molecule has 24 heavy (non-hydrogen) atoms. The predicted octanol–water partition coefficient (Wildman–Crippen LogP) is 4.49. The predicted molar refractivity (Wildman–Crippen MR) is 79.7 cm³/mol. The summed E-state index contributed by atoms with van der Waals surface area (Å²) in [4.78, 5) is 12.7. The monoisotopic (exact) mass is 351 g/mol. The summed E-state index contributed by atoms with van der Waals surface area (Å²) in [6.07, 6.45) is -1.35. The highest BCUT2D eigenvalue weighted by Crippen LogP contribution is 2.22. The Morgan fingerprint density at radius 3 is 2.54 bits per heavy atom. The van der Waals surface area contributed by atoms with E-state index in [9.17, 15) is 26.7 Å². The first-order valence-corrected chi connectivity index (χ1v) is 7.30. The number of para-hydroxylation sites is 1. The minimum Gasteiger partial charge on any atom is -0.434 e. The number of carbonyl (C=O) groups is 1. The number of hydrogen-bond acceptors (Lipinski definition) is 2. The highest BCUT2D eigenvalue weighted by atomic mass is 19.4. The van der Waals surface area contributed by atoms with Crippen molar-refractivity contribution in [3.63, 3.8) is 0 Å². The zero-order valence-corrected chi connectivity index (χ0v) is 13.0. The lowest BCUT2D eigenvalue weighted by molar-refractivity contribution is -0.158. The van der Waals surface area contributed by atoms with E-state index in [1.807, 2.05) is 0 Å². The third-order valence-electron chi connectivity index (χ3n) is 3.00. The molecule has 1 rings (SSSR count). The average molecular weight is 351 g/mol. The molecule has 0 aromatic heterocycles. The Bertz CT molecular complexity index is 558. The minimum absolute atomic E-state index is 0.0334. The fraction of sp³-hybridized carbons (Fsp3) is 0.438. The van der Waals surface area contributed by atoms with E-state index < -0.39 is 25.2 Å². The molecule has 1 aromatic rings. The second-order valence-corrected chi connectivity index (χ2v) is 4.98. The Kier molecular flexibility index (Phi) is 7.67. The van der Waals surface area contributed by atoms with Crippen molar-refractivity contribution in [1.82, 2.24) is 4.90 Å². The van der Waals surface area contributed by atoms with Crippen LogP contribution in [0.5, 0.6) is 5.75 Å². The van der Waals surface area contributed by atoms with Gasteiger partial charge in [-0.25, -0.2) is 0 Å². The molecular formula is C16H18F5NO2. The number of ether oxygens (including phenoxy) is 1. The fourth-order valence-electron chi connectivity index (χ4n) is 1.92. The summed E-state index contributed by atoms with van der Waals surface area (Å²) in [7, 11) is 0. The standard InChI is InChI=1S/C16H18F5NO2/c1-2-3-10-22(11-16(19,20)21)14(23)9-8-12-6-4-5-7-13(12)24-15(17)18/h4-9,15H,2-3,10-11H2,1H3. The van der Waals surface area contributed by atoms with Crippen LogP contribution in [0.2, 0.25) is 0 Å². The van der Waals surface area contributed by atoms with E-state index in [4.69, 9.17) is 0 Å². The summed E-state index contributed by atoms with van der Waals surface area (Å²) in [5.41, 5.74) is 0.175. The number of halogens is 5. The fourth-order valence-corrected chi connectivity index (χ4v) is 1.92. The molecule has 0 aliphatic rings. The van der Waals surface area contributed by atoms with Gasteiger partial charge in [0, 0.05) is 18.2 Å². The molecule has 3 nitrogen and oxygen atoms in total. The van der Waals surface area contributed by atoms with Crippen molar-refractivity contribution >= 4 is 12.0 Å². The van der Waals surface area contributed by atoms with Crippen LogP contribution in [0.15, 0.2) is 30.3 Å². The molecule has 8 heteroatoms. The van der Waals surface area contributed by atoms with Crippen LogP contribution in [0.4, 0.5) is 22.0 Å². The number of carbonyl (C=O) groups excluding carboxylic acids is 1. The van der Waals surface area contributed by atoms with Crippen molar-refractivity contribution < 1.29 is 31.5 Å². The summed E-state index contributed by atoms with van der Waals surface area (Å²) < 4.78 is 66.5. The zero-order chi connectivity index (χ0) is 18.2. The van der Waals surface area contributed by atoms with Crippen LogP contribution in [0.25, 0.3) is 6.08 Å². The first-order chi connectivity index (χ1) is 11.2. The Labute approximate surface area is 136 Å². The molecule has 0 saturated carbocycles. The van der Waals surface area contributed by atoms with Crippen LogP contribution < -0.4 is 4.74 Å². The van der Waals surface area contributed by atoms with Gasteiger partial charge in [0.25, 0.3) is 0 Å². The molecule has 0 N–H and O–H groups in total. The van der Waals surface area contributed by atoms with Gasteiger partial charge in [0.15, 0.2) is 0 Å². The third kappa shape index (κ3) is 7.43. The van der Waals surface area contributed by atoms with Crippen molar-refractivity contribution in [1.29, 1.82) is 0 Å². The van der Waals surface area contributed by atoms with Crippen LogP contribution >= 0.6 is 0 Å². The third-order valence-corrected chi connectivity index (χ3v) is 3.00. The summed E-state index contributed by atoms with van der Waals surface area (Å²) in [6.45, 7) is -2.63. The van der Waals surface area contributed by atoms with E-state index in [2.05, 4.69) is 4.74 Å². The molecule has 1 amide bonds. The van der Waals surface area contributed by atoms with Crippen LogP contribution in [0.3, 0.4) is 0 Å². The molecule has 0 saturated heterocycles. The molecule has 0 aliphatic carbocycles. The Balaban J connectivity index is 2.87. The summed E-state index contributed by atoms with van der Waals surface area (Å²) >= 11 is 0. The molecule has 0 radical (unpaired) electrons. The average Bonchev–Trinajstić information content (AvgIpc) is 2.48. The van der Waals surface area contributed by atoms with Crippen LogP contribution in [0, 0.1) is 0 Å². The van der Waals surface area contributed by atoms with E-state index >= 15 is 0 Å². The van der Waals surface area contributed by atoms with Crippen molar-refractivity contribution in [3.8, 4) is 5.75 Å². The molecule has 1 aromatic carbocycles. The first kappa shape index (κ1) is 19.9. The molecule has 0 fully saturated rings. The Morgan fingerprint density at radius 2 is 1.96 bits per heavy atom. The lowest BCUT2D eigenvalue weighted by Crippen LogP contribution is -2.38. The summed E-state index contributed by atoms with van der Waals surface area (Å²) in [5.74, 6) is -1.000. The van der Waals surface area contributed by atoms with E-state index in [1.54, 1.807) is 6.92 Å². The Hall–Kier alpha value is -2.12. The lowest BCUT2D eigenvalue weighted by atomic mass is 10.2. The number of hydrogen-bond donors (Lipinski definition) is 0. The Morgan fingerprint density at radius 1 is 1.29 bits per heavy atom. The summed E-state index contributed by atoms with van der Waals surface area (Å²) in [5, 5.41) is 0. The van der Waals surface area contributed by atoms with Crippen LogP contribution in [-0.2, 0) is 4.79 Å². The molecule has 0 spiro atoms. The SMILES string of the molecule is CCCCN(CC(F)(F)F)C(=O)C=Cc1ccccc1OC(F)F. The van der Waals surface area contributed by atoms with Crippen molar-refractivity contribution in [2.75, 3.05) is 13.1 Å². The number of alkyl halides is 5. The molecular weight excluding hydrogens is 333 g/mol. The maximum Gasteiger partial charge on any atom is 0.406 e. The van der Waals surface area contributed by atoms with Crippen molar-refractivity contribution in [3.05, 3.63) is 35.9 Å². The van der Waals surface area contributed by atoms with Gasteiger partial charge in [0.2, 0.25) is 5.91 Å². The van der Waals surface area contributed by atoms with Gasteiger partial charge in [-0.05, 0) is 18.6 Å². The minimum atomic E-state index is -4.51. The van der Waals surface area contributed by atoms with Gasteiger partial charge in [-0.1, -0.05) is 31.5 Å². The quantitative estimate of drug-likeness (QED) is 0.510. The summed E-state index contributed by atoms with van der Waals surface area (Å²) in [6, 6.07) is 5.70. The maximum absolute atomic E-state index is 12.5. The van der Waals surface area contributed by atoms with E-state index in [0.29, 0.717) is 17.7 Å². The van der Waals surface area contributed by atoms with E-state index in [-0.39, 0.29) is 17.9 Å². The first-order valence-electron chi connectivity index (χ1n) is 7.30. The molecule has 0 heterocycles. The van der Waals surface area contributed by atoms with Gasteiger partial charge in [-0.2, -0.15) is 22.0 Å². The number of unbranched alkanes of at least 4 members (excludes halogenated alkanes) is 1. The maximum atomic E-state index is 12.5. The van der Waals surface area contributed by atoms with Gasteiger partial charge < -0.3 is 9.64 Å². The molecule has 0 bridgehead atoms. The zero-order valence-electron chi connectivity index (χ0n) is 13.0. The highest BCUT2D eigenvalue weighted by Gasteiger charge is 2.32. The van der Waals surface area contributed by atoms with E-state index in [1.165, 1.54) is 24.3 Å². The molecule has 0 unspecified atom stereocenters. The van der Waals surface area contributed by atoms with Gasteiger partial charge >= 0.3 is 12.8 Å². The number of rotatable bonds is 8. The van der Waals surface area contributed by atoms with Crippen LogP contribution in [-0.4, -0.2) is 36.7 Å². The van der Waals surface area contributed by atoms with Gasteiger partial charge in [0.1, 0.15) is 12.3 Å². The number of benzene rings is 1. The number of amides is 1. The molecule has 0 aliphatic heterocycles. The second-order valence-electron chi connectivity index (χ2n) is 4.98. The topological polar surface area (TPSA) is 29.5 Å².